The molecule has 2 aliphatic rings. The van der Waals surface area contributed by atoms with Crippen molar-refractivity contribution in [2.24, 2.45) is 11.1 Å². The van der Waals surface area contributed by atoms with Crippen molar-refractivity contribution in [1.29, 1.82) is 0 Å². The highest BCUT2D eigenvalue weighted by Crippen LogP contribution is 2.30. The molecular formula is C23H24F2N2O3. The average molecular weight is 414 g/mol. The second-order valence-corrected chi connectivity index (χ2v) is 7.75. The molecular weight excluding hydrogens is 390 g/mol. The molecule has 2 aromatic rings. The first kappa shape index (κ1) is 20.3. The number of ether oxygens (including phenoxy) is 1. The summed E-state index contributed by atoms with van der Waals surface area (Å²) in [6.07, 6.45) is 2.89. The summed E-state index contributed by atoms with van der Waals surface area (Å²) in [6, 6.07) is 11.0. The summed E-state index contributed by atoms with van der Waals surface area (Å²) in [5.74, 6) is -0.637. The summed E-state index contributed by atoms with van der Waals surface area (Å²) in [6.45, 7) is 0.361. The van der Waals surface area contributed by atoms with E-state index in [4.69, 9.17) is 9.57 Å². The van der Waals surface area contributed by atoms with Gasteiger partial charge in [-0.05, 0) is 31.0 Å². The maximum absolute atomic E-state index is 14.2. The number of rotatable bonds is 7. The highest BCUT2D eigenvalue weighted by Gasteiger charge is 2.33. The van der Waals surface area contributed by atoms with Crippen molar-refractivity contribution in [3.8, 4) is 5.75 Å². The summed E-state index contributed by atoms with van der Waals surface area (Å²) in [7, 11) is 1.60. The van der Waals surface area contributed by atoms with E-state index in [0.717, 1.165) is 36.6 Å². The summed E-state index contributed by atoms with van der Waals surface area (Å²) in [5, 5.41) is 4.20. The molecule has 0 spiro atoms. The van der Waals surface area contributed by atoms with Gasteiger partial charge in [0.2, 0.25) is 5.91 Å². The van der Waals surface area contributed by atoms with E-state index in [1.165, 1.54) is 12.1 Å². The number of benzene rings is 2. The molecule has 1 fully saturated rings. The highest BCUT2D eigenvalue weighted by molar-refractivity contribution is 6.03. The predicted molar refractivity (Wildman–Crippen MR) is 108 cm³/mol. The third kappa shape index (κ3) is 4.30. The van der Waals surface area contributed by atoms with Crippen LogP contribution in [0.1, 0.15) is 36.8 Å². The molecule has 4 rings (SSSR count). The highest BCUT2D eigenvalue weighted by atomic mass is 19.1. The number of carbonyl (C=O) groups excluding carboxylic acids is 1. The molecule has 158 valence electrons. The largest absolute Gasteiger partial charge is 0.496 e. The van der Waals surface area contributed by atoms with E-state index in [1.54, 1.807) is 12.0 Å². The quantitative estimate of drug-likeness (QED) is 0.679. The van der Waals surface area contributed by atoms with E-state index in [2.05, 4.69) is 5.16 Å². The minimum atomic E-state index is -0.653. The molecule has 0 saturated heterocycles. The van der Waals surface area contributed by atoms with Crippen LogP contribution >= 0.6 is 0 Å². The zero-order chi connectivity index (χ0) is 21.1. The Hall–Kier alpha value is -2.96. The first-order valence-corrected chi connectivity index (χ1v) is 10.1. The Balaban J connectivity index is 1.47. The van der Waals surface area contributed by atoms with Crippen LogP contribution in [0.15, 0.2) is 47.6 Å². The van der Waals surface area contributed by atoms with Crippen LogP contribution in [0.25, 0.3) is 0 Å². The van der Waals surface area contributed by atoms with Gasteiger partial charge in [0.15, 0.2) is 6.10 Å². The van der Waals surface area contributed by atoms with Crippen molar-refractivity contribution in [1.82, 2.24) is 4.90 Å². The Morgan fingerprint density at radius 2 is 2.03 bits per heavy atom. The molecule has 1 aliphatic heterocycles. The molecule has 1 amide bonds. The average Bonchev–Trinajstić information content (AvgIpc) is 3.16. The van der Waals surface area contributed by atoms with Crippen molar-refractivity contribution >= 4 is 11.6 Å². The summed E-state index contributed by atoms with van der Waals surface area (Å²) >= 11 is 0. The fourth-order valence-corrected chi connectivity index (χ4v) is 3.82. The number of carbonyl (C=O) groups is 1. The number of hydrogen-bond acceptors (Lipinski definition) is 4. The zero-order valence-corrected chi connectivity index (χ0v) is 16.8. The van der Waals surface area contributed by atoms with E-state index in [1.807, 2.05) is 24.3 Å². The van der Waals surface area contributed by atoms with Gasteiger partial charge in [-0.3, -0.25) is 4.79 Å². The van der Waals surface area contributed by atoms with Crippen LogP contribution in [0.5, 0.6) is 5.75 Å². The summed E-state index contributed by atoms with van der Waals surface area (Å²) in [5.41, 5.74) is 1.89. The third-order valence-electron chi connectivity index (χ3n) is 5.72. The van der Waals surface area contributed by atoms with Crippen molar-refractivity contribution in [3.05, 3.63) is 65.2 Å². The van der Waals surface area contributed by atoms with Crippen molar-refractivity contribution in [2.45, 2.75) is 38.3 Å². The second kappa shape index (κ2) is 8.81. The van der Waals surface area contributed by atoms with Crippen molar-refractivity contribution in [2.75, 3.05) is 13.7 Å². The Morgan fingerprint density at radius 3 is 2.73 bits per heavy atom. The fraction of sp³-hybridized carbons (Fsp3) is 0.391. The van der Waals surface area contributed by atoms with Crippen LogP contribution in [0, 0.1) is 17.6 Å². The second-order valence-electron chi connectivity index (χ2n) is 7.75. The SMILES string of the molecule is COc1ccccc1C1=NO[C@@H](CN(Cc2ccc(F)cc2F)C(=O)C2CCC2)C1. The molecule has 0 bridgehead atoms. The first-order chi connectivity index (χ1) is 14.5. The number of oxime groups is 1. The van der Waals surface area contributed by atoms with Crippen LogP contribution < -0.4 is 4.74 Å². The van der Waals surface area contributed by atoms with Crippen LogP contribution in [-0.4, -0.2) is 36.3 Å². The summed E-state index contributed by atoms with van der Waals surface area (Å²) in [4.78, 5) is 20.2. The monoisotopic (exact) mass is 414 g/mol. The standard InChI is InChI=1S/C23H24F2N2O3/c1-29-22-8-3-2-7-19(22)21-12-18(30-26-21)14-27(23(28)15-5-4-6-15)13-16-9-10-17(24)11-20(16)25/h2-3,7-11,15,18H,4-6,12-14H2,1H3/t18-/m1/s1. The Labute approximate surface area is 174 Å². The van der Waals surface area contributed by atoms with E-state index < -0.39 is 11.6 Å². The van der Waals surface area contributed by atoms with Gasteiger partial charge in [0.05, 0.1) is 19.4 Å². The first-order valence-electron chi connectivity index (χ1n) is 10.1. The van der Waals surface area contributed by atoms with Crippen molar-refractivity contribution < 1.29 is 23.1 Å². The van der Waals surface area contributed by atoms with Crippen LogP contribution in [0.2, 0.25) is 0 Å². The molecule has 5 nitrogen and oxygen atoms in total. The number of para-hydroxylation sites is 1. The lowest BCUT2D eigenvalue weighted by Crippen LogP contribution is -2.42. The van der Waals surface area contributed by atoms with Crippen LogP contribution in [-0.2, 0) is 16.2 Å². The van der Waals surface area contributed by atoms with E-state index in [0.29, 0.717) is 12.2 Å². The maximum atomic E-state index is 14.2. The molecule has 2 aromatic carbocycles. The zero-order valence-electron chi connectivity index (χ0n) is 16.8. The van der Waals surface area contributed by atoms with Gasteiger partial charge in [-0.25, -0.2) is 8.78 Å². The van der Waals surface area contributed by atoms with E-state index in [9.17, 15) is 13.6 Å². The summed E-state index contributed by atoms with van der Waals surface area (Å²) < 4.78 is 32.9. The lowest BCUT2D eigenvalue weighted by atomic mass is 9.84. The number of methoxy groups -OCH3 is 1. The van der Waals surface area contributed by atoms with Gasteiger partial charge >= 0.3 is 0 Å². The van der Waals surface area contributed by atoms with Gasteiger partial charge in [-0.1, -0.05) is 29.8 Å². The molecule has 1 saturated carbocycles. The molecule has 0 radical (unpaired) electrons. The molecule has 0 aromatic heterocycles. The molecule has 0 unspecified atom stereocenters. The maximum Gasteiger partial charge on any atom is 0.226 e. The minimum Gasteiger partial charge on any atom is -0.496 e. The number of hydrogen-bond donors (Lipinski definition) is 0. The van der Waals surface area contributed by atoms with E-state index in [-0.39, 0.29) is 36.6 Å². The molecule has 1 aliphatic carbocycles. The van der Waals surface area contributed by atoms with Crippen molar-refractivity contribution in [3.63, 3.8) is 0 Å². The third-order valence-corrected chi connectivity index (χ3v) is 5.72. The molecule has 0 N–H and O–H groups in total. The molecule has 1 heterocycles. The Morgan fingerprint density at radius 1 is 1.23 bits per heavy atom. The van der Waals surface area contributed by atoms with E-state index >= 15 is 0 Å². The molecule has 1 atom stereocenters. The minimum absolute atomic E-state index is 0.0145. The number of halogens is 2. The van der Waals surface area contributed by atoms with Gasteiger partial charge in [-0.15, -0.1) is 0 Å². The van der Waals surface area contributed by atoms with Crippen LogP contribution in [0.4, 0.5) is 8.78 Å². The van der Waals surface area contributed by atoms with Gasteiger partial charge in [0.25, 0.3) is 0 Å². The van der Waals surface area contributed by atoms with Crippen LogP contribution in [0.3, 0.4) is 0 Å². The normalized spacial score (nSPS) is 18.4. The predicted octanol–water partition coefficient (Wildman–Crippen LogP) is 4.30. The Kier molecular flexibility index (Phi) is 5.97. The van der Waals surface area contributed by atoms with Gasteiger partial charge in [-0.2, -0.15) is 0 Å². The molecule has 7 heteroatoms. The van der Waals surface area contributed by atoms with Gasteiger partial charge < -0.3 is 14.5 Å². The van der Waals surface area contributed by atoms with Gasteiger partial charge in [0, 0.05) is 36.1 Å². The Bertz CT molecular complexity index is 959. The smallest absolute Gasteiger partial charge is 0.226 e. The fourth-order valence-electron chi connectivity index (χ4n) is 3.82. The molecule has 30 heavy (non-hydrogen) atoms. The topological polar surface area (TPSA) is 51.1 Å². The van der Waals surface area contributed by atoms with Gasteiger partial charge in [0.1, 0.15) is 17.4 Å². The lowest BCUT2D eigenvalue weighted by Gasteiger charge is -2.32. The number of amides is 1. The lowest BCUT2D eigenvalue weighted by molar-refractivity contribution is -0.140. The number of nitrogens with zero attached hydrogens (tertiary/aromatic N) is 2.